The molecule has 0 saturated carbocycles. The van der Waals surface area contributed by atoms with Crippen LogP contribution in [-0.2, 0) is 0 Å². The number of nitrogens with zero attached hydrogens (tertiary/aromatic N) is 3. The summed E-state index contributed by atoms with van der Waals surface area (Å²) in [5.41, 5.74) is 10.3. The second-order valence-electron chi connectivity index (χ2n) is 12.8. The van der Waals surface area contributed by atoms with Gasteiger partial charge in [0.1, 0.15) is 0 Å². The minimum Gasteiger partial charge on any atom is -0.247 e. The lowest BCUT2D eigenvalue weighted by atomic mass is 9.95. The van der Waals surface area contributed by atoms with Gasteiger partial charge in [-0.2, -0.15) is 0 Å². The Morgan fingerprint density at radius 1 is 0.333 bits per heavy atom. The molecule has 3 aromatic heterocycles. The number of para-hydroxylation sites is 1. The van der Waals surface area contributed by atoms with E-state index in [4.69, 9.17) is 15.0 Å². The average molecular weight is 668 g/mol. The SMILES string of the molecule is c1ccc(-c2cccc(-c3nc(-c4ccccc4)cc(-c4ccc5sc6ccc7c(-c8ccccc8)nc8ccccc8c7c6c5c4)n3)c2)cc1. The maximum absolute atomic E-state index is 5.25. The Kier molecular flexibility index (Phi) is 7.00. The Balaban J connectivity index is 1.21. The van der Waals surface area contributed by atoms with Crippen molar-refractivity contribution in [3.63, 3.8) is 0 Å². The number of rotatable bonds is 5. The molecule has 0 spiro atoms. The molecule has 10 aromatic rings. The molecular weight excluding hydrogens is 639 g/mol. The van der Waals surface area contributed by atoms with Crippen LogP contribution >= 0.6 is 11.3 Å². The first-order valence-electron chi connectivity index (χ1n) is 17.1. The quantitative estimate of drug-likeness (QED) is 0.171. The molecular formula is C47H29N3S. The summed E-state index contributed by atoms with van der Waals surface area (Å²) in [4.78, 5) is 15.6. The summed E-state index contributed by atoms with van der Waals surface area (Å²) >= 11 is 1.84. The van der Waals surface area contributed by atoms with Crippen molar-refractivity contribution in [3.8, 4) is 56.3 Å². The van der Waals surface area contributed by atoms with E-state index in [9.17, 15) is 0 Å². The Morgan fingerprint density at radius 3 is 1.75 bits per heavy atom. The van der Waals surface area contributed by atoms with Gasteiger partial charge in [0.2, 0.25) is 0 Å². The summed E-state index contributed by atoms with van der Waals surface area (Å²) in [6.07, 6.45) is 0. The van der Waals surface area contributed by atoms with Gasteiger partial charge in [0, 0.05) is 58.6 Å². The first-order chi connectivity index (χ1) is 25.3. The van der Waals surface area contributed by atoms with E-state index >= 15 is 0 Å². The number of benzene rings is 7. The van der Waals surface area contributed by atoms with Gasteiger partial charge in [-0.15, -0.1) is 11.3 Å². The maximum Gasteiger partial charge on any atom is 0.160 e. The van der Waals surface area contributed by atoms with E-state index in [2.05, 4.69) is 164 Å². The predicted molar refractivity (Wildman–Crippen MR) is 215 cm³/mol. The van der Waals surface area contributed by atoms with Gasteiger partial charge < -0.3 is 0 Å². The highest BCUT2D eigenvalue weighted by atomic mass is 32.1. The topological polar surface area (TPSA) is 38.7 Å². The lowest BCUT2D eigenvalue weighted by Crippen LogP contribution is -1.96. The van der Waals surface area contributed by atoms with E-state index in [0.29, 0.717) is 5.82 Å². The van der Waals surface area contributed by atoms with E-state index in [0.717, 1.165) is 61.2 Å². The van der Waals surface area contributed by atoms with Crippen LogP contribution in [-0.4, -0.2) is 15.0 Å². The van der Waals surface area contributed by atoms with E-state index in [1.54, 1.807) is 0 Å². The van der Waals surface area contributed by atoms with Crippen molar-refractivity contribution < 1.29 is 0 Å². The van der Waals surface area contributed by atoms with Gasteiger partial charge >= 0.3 is 0 Å². The van der Waals surface area contributed by atoms with E-state index in [1.807, 2.05) is 23.5 Å². The molecule has 0 aliphatic carbocycles. The third-order valence-corrected chi connectivity index (χ3v) is 10.8. The highest BCUT2D eigenvalue weighted by Gasteiger charge is 2.18. The van der Waals surface area contributed by atoms with Crippen LogP contribution in [0, 0.1) is 0 Å². The van der Waals surface area contributed by atoms with Gasteiger partial charge in [-0.3, -0.25) is 0 Å². The Hall–Kier alpha value is -6.49. The van der Waals surface area contributed by atoms with Crippen molar-refractivity contribution in [1.82, 2.24) is 15.0 Å². The van der Waals surface area contributed by atoms with E-state index < -0.39 is 0 Å². The zero-order valence-corrected chi connectivity index (χ0v) is 28.3. The number of pyridine rings is 1. The molecule has 10 rings (SSSR count). The normalized spacial score (nSPS) is 11.5. The molecule has 0 saturated heterocycles. The zero-order valence-electron chi connectivity index (χ0n) is 27.5. The maximum atomic E-state index is 5.25. The van der Waals surface area contributed by atoms with Crippen molar-refractivity contribution in [1.29, 1.82) is 0 Å². The van der Waals surface area contributed by atoms with Crippen LogP contribution in [0.15, 0.2) is 176 Å². The van der Waals surface area contributed by atoms with Gasteiger partial charge in [-0.25, -0.2) is 15.0 Å². The molecule has 238 valence electrons. The van der Waals surface area contributed by atoms with Crippen LogP contribution < -0.4 is 0 Å². The molecule has 51 heavy (non-hydrogen) atoms. The van der Waals surface area contributed by atoms with E-state index in [1.165, 1.54) is 31.1 Å². The van der Waals surface area contributed by atoms with Crippen LogP contribution in [0.1, 0.15) is 0 Å². The third kappa shape index (κ3) is 5.16. The summed E-state index contributed by atoms with van der Waals surface area (Å²) in [5.74, 6) is 0.703. The van der Waals surface area contributed by atoms with Gasteiger partial charge in [-0.1, -0.05) is 140 Å². The van der Waals surface area contributed by atoms with Crippen LogP contribution in [0.3, 0.4) is 0 Å². The molecule has 3 heterocycles. The third-order valence-electron chi connectivity index (χ3n) is 9.66. The molecule has 0 aliphatic rings. The smallest absolute Gasteiger partial charge is 0.160 e. The minimum absolute atomic E-state index is 0.703. The Morgan fingerprint density at radius 2 is 0.961 bits per heavy atom. The van der Waals surface area contributed by atoms with E-state index in [-0.39, 0.29) is 0 Å². The van der Waals surface area contributed by atoms with Crippen molar-refractivity contribution in [2.24, 2.45) is 0 Å². The summed E-state index contributed by atoms with van der Waals surface area (Å²) in [6.45, 7) is 0. The molecule has 4 heteroatoms. The number of hydrogen-bond donors (Lipinski definition) is 0. The first kappa shape index (κ1) is 29.4. The highest BCUT2D eigenvalue weighted by Crippen LogP contribution is 2.44. The summed E-state index contributed by atoms with van der Waals surface area (Å²) in [6, 6.07) is 61.8. The minimum atomic E-state index is 0.703. The monoisotopic (exact) mass is 667 g/mol. The summed E-state index contributed by atoms with van der Waals surface area (Å²) in [5, 5.41) is 6.05. The summed E-state index contributed by atoms with van der Waals surface area (Å²) < 4.78 is 2.51. The Labute approximate surface area is 299 Å². The first-order valence-corrected chi connectivity index (χ1v) is 17.9. The number of aromatic nitrogens is 3. The molecule has 0 fully saturated rings. The van der Waals surface area contributed by atoms with Gasteiger partial charge in [0.15, 0.2) is 5.82 Å². The second-order valence-corrected chi connectivity index (χ2v) is 13.9. The molecule has 0 radical (unpaired) electrons. The fourth-order valence-electron chi connectivity index (χ4n) is 7.23. The lowest BCUT2D eigenvalue weighted by molar-refractivity contribution is 1.18. The highest BCUT2D eigenvalue weighted by molar-refractivity contribution is 7.26. The lowest BCUT2D eigenvalue weighted by Gasteiger charge is -2.12. The fraction of sp³-hybridized carbons (Fsp3) is 0. The second kappa shape index (κ2) is 12.1. The molecule has 0 N–H and O–H groups in total. The number of thiophene rings is 1. The molecule has 3 nitrogen and oxygen atoms in total. The Bertz CT molecular complexity index is 2900. The van der Waals surface area contributed by atoms with Crippen LogP contribution in [0.2, 0.25) is 0 Å². The summed E-state index contributed by atoms with van der Waals surface area (Å²) in [7, 11) is 0. The number of hydrogen-bond acceptors (Lipinski definition) is 4. The van der Waals surface area contributed by atoms with Gasteiger partial charge in [-0.05, 0) is 47.5 Å². The number of fused-ring (bicyclic) bond motifs is 7. The van der Waals surface area contributed by atoms with Gasteiger partial charge in [0.25, 0.3) is 0 Å². The van der Waals surface area contributed by atoms with Crippen molar-refractivity contribution >= 4 is 53.2 Å². The molecule has 0 bridgehead atoms. The zero-order chi connectivity index (χ0) is 33.7. The van der Waals surface area contributed by atoms with Crippen LogP contribution in [0.5, 0.6) is 0 Å². The molecule has 0 amide bonds. The standard InChI is InChI=1S/C47H29N3S/c1-4-13-30(14-5-1)33-19-12-20-35(27-33)47-49-40(31-15-6-2-7-16-31)29-41(50-47)34-23-25-42-38(28-34)45-43(51-42)26-24-37-44(45)36-21-10-11-22-39(36)48-46(37)32-17-8-3-9-18-32/h1-29H. The molecule has 0 aliphatic heterocycles. The molecule has 0 atom stereocenters. The van der Waals surface area contributed by atoms with Crippen molar-refractivity contribution in [3.05, 3.63) is 176 Å². The van der Waals surface area contributed by atoms with Crippen LogP contribution in [0.25, 0.3) is 98.1 Å². The van der Waals surface area contributed by atoms with Crippen molar-refractivity contribution in [2.75, 3.05) is 0 Å². The molecule has 7 aromatic carbocycles. The largest absolute Gasteiger partial charge is 0.247 e. The van der Waals surface area contributed by atoms with Crippen molar-refractivity contribution in [2.45, 2.75) is 0 Å². The fourth-order valence-corrected chi connectivity index (χ4v) is 8.33. The molecule has 0 unspecified atom stereocenters. The van der Waals surface area contributed by atoms with Gasteiger partial charge in [0.05, 0.1) is 22.6 Å². The van der Waals surface area contributed by atoms with Crippen LogP contribution in [0.4, 0.5) is 0 Å². The average Bonchev–Trinajstić information content (AvgIpc) is 3.59. The predicted octanol–water partition coefficient (Wildman–Crippen LogP) is 12.9.